The SMILES string of the molecule is CC[N+](C)(C)C.O=[N+]([O-])[O-]. The van der Waals surface area contributed by atoms with Gasteiger partial charge in [0.15, 0.2) is 0 Å². The fourth-order valence-corrected chi connectivity index (χ4v) is 0. The first-order chi connectivity index (χ1) is 4.29. The second-order valence-electron chi connectivity index (χ2n) is 2.83. The third kappa shape index (κ3) is 58.2. The highest BCUT2D eigenvalue weighted by Crippen LogP contribution is 1.83. The minimum atomic E-state index is -1.75. The molecule has 0 aromatic rings. The molecule has 0 N–H and O–H groups in total. The van der Waals surface area contributed by atoms with E-state index in [4.69, 9.17) is 15.3 Å². The number of quaternary nitrogens is 1. The zero-order valence-electron chi connectivity index (χ0n) is 6.83. The summed E-state index contributed by atoms with van der Waals surface area (Å²) in [7, 11) is 6.54. The molecule has 0 saturated heterocycles. The largest absolute Gasteiger partial charge is 0.356 e. The van der Waals surface area contributed by atoms with E-state index in [-0.39, 0.29) is 0 Å². The summed E-state index contributed by atoms with van der Waals surface area (Å²) in [5, 5.41) is 14.8. The van der Waals surface area contributed by atoms with Crippen LogP contribution in [0.2, 0.25) is 0 Å². The summed E-state index contributed by atoms with van der Waals surface area (Å²) in [5.41, 5.74) is 0. The van der Waals surface area contributed by atoms with Crippen molar-refractivity contribution in [2.75, 3.05) is 27.7 Å². The molecule has 10 heavy (non-hydrogen) atoms. The van der Waals surface area contributed by atoms with Crippen LogP contribution >= 0.6 is 0 Å². The van der Waals surface area contributed by atoms with Gasteiger partial charge in [0.1, 0.15) is 0 Å². The summed E-state index contributed by atoms with van der Waals surface area (Å²) < 4.78 is 1.07. The summed E-state index contributed by atoms with van der Waals surface area (Å²) >= 11 is 0. The molecule has 62 valence electrons. The van der Waals surface area contributed by atoms with Crippen molar-refractivity contribution in [2.45, 2.75) is 6.92 Å². The van der Waals surface area contributed by atoms with Crippen LogP contribution < -0.4 is 0 Å². The highest BCUT2D eigenvalue weighted by atomic mass is 16.9. The van der Waals surface area contributed by atoms with E-state index >= 15 is 0 Å². The van der Waals surface area contributed by atoms with Crippen molar-refractivity contribution in [1.82, 2.24) is 0 Å². The van der Waals surface area contributed by atoms with Crippen molar-refractivity contribution in [2.24, 2.45) is 0 Å². The van der Waals surface area contributed by atoms with Crippen LogP contribution in [0.25, 0.3) is 0 Å². The fraction of sp³-hybridized carbons (Fsp3) is 1.00. The molecule has 5 heteroatoms. The molecule has 0 radical (unpaired) electrons. The molecule has 0 aliphatic carbocycles. The van der Waals surface area contributed by atoms with Gasteiger partial charge in [-0.3, -0.25) is 0 Å². The Kier molecular flexibility index (Phi) is 5.93. The minimum Gasteiger partial charge on any atom is -0.356 e. The average molecular weight is 150 g/mol. The van der Waals surface area contributed by atoms with E-state index in [9.17, 15) is 0 Å². The number of rotatable bonds is 1. The number of hydrogen-bond donors (Lipinski definition) is 0. The van der Waals surface area contributed by atoms with E-state index in [2.05, 4.69) is 28.1 Å². The Morgan fingerprint density at radius 2 is 1.40 bits per heavy atom. The van der Waals surface area contributed by atoms with Gasteiger partial charge in [-0.1, -0.05) is 0 Å². The van der Waals surface area contributed by atoms with Crippen LogP contribution in [0.15, 0.2) is 0 Å². The van der Waals surface area contributed by atoms with Crippen molar-refractivity contribution in [1.29, 1.82) is 0 Å². The standard InChI is InChI=1S/C5H14N.NO3/c1-5-6(2,3)4;2-1(3)4/h5H2,1-4H3;/q+1;-1. The van der Waals surface area contributed by atoms with Crippen molar-refractivity contribution >= 4 is 0 Å². The third-order valence-corrected chi connectivity index (χ3v) is 0.949. The topological polar surface area (TPSA) is 66.2 Å². The summed E-state index contributed by atoms with van der Waals surface area (Å²) in [6.07, 6.45) is 0. The maximum absolute atomic E-state index is 8.25. The molecule has 0 aliphatic heterocycles. The maximum Gasteiger partial charge on any atom is 0.0751 e. The fourth-order valence-electron chi connectivity index (χ4n) is 0. The first kappa shape index (κ1) is 11.9. The quantitative estimate of drug-likeness (QED) is 0.310. The lowest BCUT2D eigenvalue weighted by Crippen LogP contribution is -2.33. The molecule has 0 amide bonds. The van der Waals surface area contributed by atoms with E-state index in [1.807, 2.05) is 0 Å². The van der Waals surface area contributed by atoms with Gasteiger partial charge >= 0.3 is 0 Å². The molecule has 0 saturated carbocycles. The van der Waals surface area contributed by atoms with Crippen molar-refractivity contribution in [3.05, 3.63) is 15.3 Å². The van der Waals surface area contributed by atoms with Gasteiger partial charge in [-0.05, 0) is 6.92 Å². The van der Waals surface area contributed by atoms with E-state index in [1.54, 1.807) is 0 Å². The molecule has 0 spiro atoms. The van der Waals surface area contributed by atoms with Gasteiger partial charge in [-0.15, -0.1) is 0 Å². The molecule has 0 fully saturated rings. The van der Waals surface area contributed by atoms with Crippen LogP contribution in [-0.4, -0.2) is 37.3 Å². The first-order valence-electron chi connectivity index (χ1n) is 2.91. The lowest BCUT2D eigenvalue weighted by Gasteiger charge is -2.20. The molecular weight excluding hydrogens is 136 g/mol. The Morgan fingerprint density at radius 1 is 1.30 bits per heavy atom. The number of nitrogens with zero attached hydrogens (tertiary/aromatic N) is 2. The van der Waals surface area contributed by atoms with Gasteiger partial charge in [0.25, 0.3) is 0 Å². The lowest BCUT2D eigenvalue weighted by atomic mass is 10.6. The normalized spacial score (nSPS) is 9.60. The van der Waals surface area contributed by atoms with Crippen molar-refractivity contribution in [3.8, 4) is 0 Å². The van der Waals surface area contributed by atoms with Crippen LogP contribution in [0.4, 0.5) is 0 Å². The molecule has 0 aliphatic rings. The highest BCUT2D eigenvalue weighted by molar-refractivity contribution is 4.06. The Bertz CT molecular complexity index is 93.6. The van der Waals surface area contributed by atoms with Gasteiger partial charge < -0.3 is 19.8 Å². The molecule has 0 heterocycles. The Morgan fingerprint density at radius 3 is 1.40 bits per heavy atom. The average Bonchev–Trinajstić information content (AvgIpc) is 1.63. The predicted molar refractivity (Wildman–Crippen MR) is 38.9 cm³/mol. The Balaban J connectivity index is 0. The highest BCUT2D eigenvalue weighted by Gasteiger charge is 1.97. The molecule has 5 nitrogen and oxygen atoms in total. The molecule has 0 aromatic heterocycles. The van der Waals surface area contributed by atoms with Crippen molar-refractivity contribution in [3.63, 3.8) is 0 Å². The van der Waals surface area contributed by atoms with E-state index < -0.39 is 5.09 Å². The van der Waals surface area contributed by atoms with Crippen LogP contribution in [0.1, 0.15) is 6.92 Å². The molecule has 0 rings (SSSR count). The van der Waals surface area contributed by atoms with Gasteiger partial charge in [0, 0.05) is 0 Å². The monoisotopic (exact) mass is 150 g/mol. The molecular formula is C5H14N2O3. The van der Waals surface area contributed by atoms with Gasteiger partial charge in [0.2, 0.25) is 0 Å². The van der Waals surface area contributed by atoms with Gasteiger partial charge in [-0.2, -0.15) is 0 Å². The second-order valence-corrected chi connectivity index (χ2v) is 2.83. The third-order valence-electron chi connectivity index (χ3n) is 0.949. The Hall–Kier alpha value is -0.840. The predicted octanol–water partition coefficient (Wildman–Crippen LogP) is 0.473. The van der Waals surface area contributed by atoms with Gasteiger partial charge in [-0.25, -0.2) is 0 Å². The van der Waals surface area contributed by atoms with Crippen LogP contribution in [0.5, 0.6) is 0 Å². The van der Waals surface area contributed by atoms with E-state index in [0.717, 1.165) is 4.48 Å². The maximum atomic E-state index is 8.25. The zero-order chi connectivity index (χ0) is 8.78. The Labute approximate surface area is 60.6 Å². The first-order valence-corrected chi connectivity index (χ1v) is 2.91. The van der Waals surface area contributed by atoms with E-state index in [0.29, 0.717) is 0 Å². The summed E-state index contributed by atoms with van der Waals surface area (Å²) in [6, 6.07) is 0. The molecule has 0 atom stereocenters. The molecule has 0 aromatic carbocycles. The van der Waals surface area contributed by atoms with Crippen molar-refractivity contribution < 1.29 is 9.57 Å². The second kappa shape index (κ2) is 4.99. The smallest absolute Gasteiger partial charge is 0.0751 e. The minimum absolute atomic E-state index is 1.07. The van der Waals surface area contributed by atoms with Gasteiger partial charge in [0.05, 0.1) is 32.8 Å². The van der Waals surface area contributed by atoms with Crippen LogP contribution in [0.3, 0.4) is 0 Å². The van der Waals surface area contributed by atoms with Crippen LogP contribution in [-0.2, 0) is 0 Å². The van der Waals surface area contributed by atoms with Crippen LogP contribution in [0, 0.1) is 15.3 Å². The molecule has 0 unspecified atom stereocenters. The molecule has 0 bridgehead atoms. The summed E-state index contributed by atoms with van der Waals surface area (Å²) in [4.78, 5) is 8.25. The lowest BCUT2D eigenvalue weighted by molar-refractivity contribution is -0.868. The summed E-state index contributed by atoms with van der Waals surface area (Å²) in [5.74, 6) is 0. The zero-order valence-corrected chi connectivity index (χ0v) is 6.83. The summed E-state index contributed by atoms with van der Waals surface area (Å²) in [6.45, 7) is 3.39. The number of hydrogen-bond acceptors (Lipinski definition) is 3. The van der Waals surface area contributed by atoms with E-state index in [1.165, 1.54) is 6.54 Å².